The van der Waals surface area contributed by atoms with Crippen LogP contribution in [0.15, 0.2) is 4.99 Å². The topological polar surface area (TPSA) is 123 Å². The minimum Gasteiger partial charge on any atom is -0.480 e. The number of hydrogen-bond acceptors (Lipinski definition) is 7. The van der Waals surface area contributed by atoms with Crippen molar-refractivity contribution in [1.29, 1.82) is 0 Å². The van der Waals surface area contributed by atoms with Crippen molar-refractivity contribution in [3.05, 3.63) is 0 Å². The average molecular weight is 305 g/mol. The second kappa shape index (κ2) is 6.72. The number of aliphatic carboxylic acids is 1. The van der Waals surface area contributed by atoms with E-state index in [1.54, 1.807) is 0 Å². The number of nitrogens with one attached hydrogen (secondary N) is 2. The minimum atomic E-state index is -1.08. The molecule has 2 aliphatic rings. The second-order valence-corrected chi connectivity index (χ2v) is 5.70. The lowest BCUT2D eigenvalue weighted by atomic mass is 9.98. The molecule has 8 nitrogen and oxygen atoms in total. The van der Waals surface area contributed by atoms with Gasteiger partial charge >= 0.3 is 5.97 Å². The van der Waals surface area contributed by atoms with Gasteiger partial charge in [0.2, 0.25) is 0 Å². The molecule has 114 valence electrons. The first-order chi connectivity index (χ1) is 9.52. The summed E-state index contributed by atoms with van der Waals surface area (Å²) in [7, 11) is 0. The molecule has 2 saturated heterocycles. The highest BCUT2D eigenvalue weighted by atomic mass is 32.2. The zero-order valence-corrected chi connectivity index (χ0v) is 11.8. The molecule has 0 aromatic heterocycles. The lowest BCUT2D eigenvalue weighted by Crippen LogP contribution is -2.60. The highest BCUT2D eigenvalue weighted by Crippen LogP contribution is 2.33. The summed E-state index contributed by atoms with van der Waals surface area (Å²) >= 11 is 1.37. The van der Waals surface area contributed by atoms with Gasteiger partial charge in [-0.05, 0) is 6.92 Å². The molecule has 2 heterocycles. The van der Waals surface area contributed by atoms with Crippen LogP contribution in [0.25, 0.3) is 0 Å². The SMILES string of the molecule is CCN=C1N[C@@H]2[C@@H](O)[C@H](O)[C@@H](CNCC(=O)O)O[C@@H]2S1. The largest absolute Gasteiger partial charge is 0.480 e. The van der Waals surface area contributed by atoms with Gasteiger partial charge in [-0.15, -0.1) is 0 Å². The molecule has 0 unspecified atom stereocenters. The normalized spacial score (nSPS) is 38.5. The molecule has 0 amide bonds. The molecule has 2 rings (SSSR count). The van der Waals surface area contributed by atoms with Crippen LogP contribution in [0.1, 0.15) is 6.92 Å². The van der Waals surface area contributed by atoms with E-state index >= 15 is 0 Å². The summed E-state index contributed by atoms with van der Waals surface area (Å²) in [4.78, 5) is 14.7. The molecule has 9 heteroatoms. The van der Waals surface area contributed by atoms with E-state index in [0.29, 0.717) is 11.7 Å². The van der Waals surface area contributed by atoms with E-state index in [1.165, 1.54) is 11.8 Å². The molecule has 0 aromatic carbocycles. The molecule has 2 aliphatic heterocycles. The number of ether oxygens (including phenoxy) is 1. The summed E-state index contributed by atoms with van der Waals surface area (Å²) in [5, 5.41) is 35.1. The fraction of sp³-hybridized carbons (Fsp3) is 0.818. The molecule has 0 saturated carbocycles. The van der Waals surface area contributed by atoms with Crippen LogP contribution in [-0.2, 0) is 9.53 Å². The summed E-state index contributed by atoms with van der Waals surface area (Å²) in [6, 6.07) is -0.406. The van der Waals surface area contributed by atoms with E-state index < -0.39 is 30.3 Å². The molecule has 0 aromatic rings. The van der Waals surface area contributed by atoms with Crippen LogP contribution in [-0.4, -0.2) is 75.9 Å². The maximum Gasteiger partial charge on any atom is 0.317 e. The van der Waals surface area contributed by atoms with Crippen molar-refractivity contribution in [3.63, 3.8) is 0 Å². The van der Waals surface area contributed by atoms with Crippen molar-refractivity contribution in [2.75, 3.05) is 19.6 Å². The maximum atomic E-state index is 10.4. The number of thioether (sulfide) groups is 1. The summed E-state index contributed by atoms with van der Waals surface area (Å²) in [5.41, 5.74) is -0.338. The van der Waals surface area contributed by atoms with Crippen molar-refractivity contribution < 1.29 is 24.9 Å². The number of fused-ring (bicyclic) bond motifs is 1. The third kappa shape index (κ3) is 3.41. The van der Waals surface area contributed by atoms with E-state index in [9.17, 15) is 15.0 Å². The Hall–Kier alpha value is -0.870. The van der Waals surface area contributed by atoms with E-state index in [1.807, 2.05) is 6.92 Å². The smallest absolute Gasteiger partial charge is 0.317 e. The fourth-order valence-electron chi connectivity index (χ4n) is 2.19. The predicted octanol–water partition coefficient (Wildman–Crippen LogP) is -1.81. The Bertz CT molecular complexity index is 394. The minimum absolute atomic E-state index is 0.161. The van der Waals surface area contributed by atoms with Crippen LogP contribution in [0.4, 0.5) is 0 Å². The molecular weight excluding hydrogens is 286 g/mol. The monoisotopic (exact) mass is 305 g/mol. The summed E-state index contributed by atoms with van der Waals surface area (Å²) < 4.78 is 5.71. The molecular formula is C11H19N3O5S. The molecule has 5 atom stereocenters. The maximum absolute atomic E-state index is 10.4. The van der Waals surface area contributed by atoms with E-state index in [4.69, 9.17) is 9.84 Å². The lowest BCUT2D eigenvalue weighted by molar-refractivity contribution is -0.154. The number of aliphatic imine (C=N–C) groups is 1. The van der Waals surface area contributed by atoms with E-state index in [-0.39, 0.29) is 18.5 Å². The van der Waals surface area contributed by atoms with Gasteiger partial charge in [-0.25, -0.2) is 0 Å². The Morgan fingerprint density at radius 1 is 1.50 bits per heavy atom. The molecule has 5 N–H and O–H groups in total. The number of amidine groups is 1. The van der Waals surface area contributed by atoms with Crippen LogP contribution in [0, 0.1) is 0 Å². The van der Waals surface area contributed by atoms with Gasteiger partial charge in [-0.2, -0.15) is 0 Å². The van der Waals surface area contributed by atoms with Gasteiger partial charge in [0.15, 0.2) is 5.17 Å². The van der Waals surface area contributed by atoms with Crippen LogP contribution in [0.2, 0.25) is 0 Å². The zero-order chi connectivity index (χ0) is 14.7. The van der Waals surface area contributed by atoms with Gasteiger partial charge in [0.1, 0.15) is 23.7 Å². The second-order valence-electron chi connectivity index (χ2n) is 4.62. The van der Waals surface area contributed by atoms with E-state index in [2.05, 4.69) is 15.6 Å². The Morgan fingerprint density at radius 2 is 2.25 bits per heavy atom. The predicted molar refractivity (Wildman–Crippen MR) is 73.7 cm³/mol. The Morgan fingerprint density at radius 3 is 2.90 bits per heavy atom. The summed E-state index contributed by atoms with van der Waals surface area (Å²) in [6.07, 6.45) is -2.71. The number of carboxylic acid groups (broad SMARTS) is 1. The number of nitrogens with zero attached hydrogens (tertiary/aromatic N) is 1. The quantitative estimate of drug-likeness (QED) is 0.403. The van der Waals surface area contributed by atoms with Crippen LogP contribution < -0.4 is 10.6 Å². The van der Waals surface area contributed by atoms with Crippen molar-refractivity contribution >= 4 is 22.9 Å². The molecule has 20 heavy (non-hydrogen) atoms. The third-order valence-electron chi connectivity index (χ3n) is 3.14. The van der Waals surface area contributed by atoms with Crippen LogP contribution >= 0.6 is 11.8 Å². The highest BCUT2D eigenvalue weighted by Gasteiger charge is 2.48. The third-order valence-corrected chi connectivity index (χ3v) is 4.25. The van der Waals surface area contributed by atoms with Crippen molar-refractivity contribution in [1.82, 2.24) is 10.6 Å². The number of hydrogen-bond donors (Lipinski definition) is 5. The van der Waals surface area contributed by atoms with Gasteiger partial charge in [-0.3, -0.25) is 9.79 Å². The first kappa shape index (κ1) is 15.5. The zero-order valence-electron chi connectivity index (χ0n) is 11.0. The number of carbonyl (C=O) groups is 1. The van der Waals surface area contributed by atoms with Gasteiger partial charge in [0.05, 0.1) is 12.6 Å². The van der Waals surface area contributed by atoms with Crippen LogP contribution in [0.5, 0.6) is 0 Å². The molecule has 2 fully saturated rings. The number of rotatable bonds is 5. The first-order valence-corrected chi connectivity index (χ1v) is 7.32. The van der Waals surface area contributed by atoms with Gasteiger partial charge < -0.3 is 30.7 Å². The lowest BCUT2D eigenvalue weighted by Gasteiger charge is -2.38. The van der Waals surface area contributed by atoms with Crippen molar-refractivity contribution in [2.45, 2.75) is 36.7 Å². The first-order valence-electron chi connectivity index (χ1n) is 6.44. The average Bonchev–Trinajstić information content (AvgIpc) is 2.78. The fourth-order valence-corrected chi connectivity index (χ4v) is 3.39. The Kier molecular flexibility index (Phi) is 5.22. The van der Waals surface area contributed by atoms with Gasteiger partial charge in [0, 0.05) is 13.1 Å². The number of carboxylic acids is 1. The Labute approximate surface area is 120 Å². The molecule has 0 bridgehead atoms. The number of aliphatic hydroxyl groups is 2. The van der Waals surface area contributed by atoms with Crippen molar-refractivity contribution in [3.8, 4) is 0 Å². The summed E-state index contributed by atoms with van der Waals surface area (Å²) in [5.74, 6) is -0.983. The van der Waals surface area contributed by atoms with Gasteiger partial charge in [0.25, 0.3) is 0 Å². The van der Waals surface area contributed by atoms with Crippen LogP contribution in [0.3, 0.4) is 0 Å². The molecule has 0 aliphatic carbocycles. The summed E-state index contributed by atoms with van der Waals surface area (Å²) in [6.45, 7) is 2.47. The van der Waals surface area contributed by atoms with Gasteiger partial charge in [-0.1, -0.05) is 11.8 Å². The van der Waals surface area contributed by atoms with E-state index in [0.717, 1.165) is 0 Å². The Balaban J connectivity index is 1.95. The standard InChI is InChI=1S/C11H19N3O5S/c1-2-13-11-14-7-9(18)8(17)5(19-10(7)20-11)3-12-4-6(15)16/h5,7-10,12,17-18H,2-4H2,1H3,(H,13,14)(H,15,16)/t5-,7-,8-,9-,10-/m1/s1. The van der Waals surface area contributed by atoms with Crippen molar-refractivity contribution in [2.24, 2.45) is 4.99 Å². The number of aliphatic hydroxyl groups excluding tert-OH is 2. The molecule has 0 radical (unpaired) electrons. The highest BCUT2D eigenvalue weighted by molar-refractivity contribution is 8.14. The molecule has 0 spiro atoms.